The fraction of sp³-hybridized carbons (Fsp3) is 0.308. The van der Waals surface area contributed by atoms with Crippen LogP contribution in [0.4, 0.5) is 0 Å². The van der Waals surface area contributed by atoms with Crippen molar-refractivity contribution in [2.45, 2.75) is 47.2 Å². The van der Waals surface area contributed by atoms with Crippen LogP contribution in [-0.2, 0) is 29.0 Å². The van der Waals surface area contributed by atoms with Crippen LogP contribution in [0, 0.1) is 20.8 Å². The highest BCUT2D eigenvalue weighted by atomic mass is 16.5. The Kier molecular flexibility index (Phi) is 7.29. The molecule has 3 aromatic rings. The first-order valence-electron chi connectivity index (χ1n) is 10.6. The van der Waals surface area contributed by atoms with Gasteiger partial charge in [-0.05, 0) is 44.4 Å². The molecule has 1 aromatic heterocycles. The van der Waals surface area contributed by atoms with Crippen molar-refractivity contribution in [1.29, 1.82) is 0 Å². The van der Waals surface area contributed by atoms with Gasteiger partial charge in [0.2, 0.25) is 5.91 Å². The minimum atomic E-state index is -0.333. The highest BCUT2D eigenvalue weighted by molar-refractivity contribution is 5.93. The number of esters is 1. The number of rotatable bonds is 8. The first-order chi connectivity index (χ1) is 14.9. The number of aromatic nitrogens is 1. The largest absolute Gasteiger partial charge is 0.462 e. The highest BCUT2D eigenvalue weighted by Crippen LogP contribution is 2.22. The number of aromatic amines is 1. The molecule has 0 atom stereocenters. The zero-order valence-corrected chi connectivity index (χ0v) is 18.7. The molecule has 1 N–H and O–H groups in total. The Balaban J connectivity index is 1.87. The number of aryl methyl sites for hydroxylation is 2. The van der Waals surface area contributed by atoms with Crippen molar-refractivity contribution >= 4 is 11.9 Å². The highest BCUT2D eigenvalue weighted by Gasteiger charge is 2.22. The van der Waals surface area contributed by atoms with Gasteiger partial charge in [0.25, 0.3) is 0 Å². The number of hydrogen-bond acceptors (Lipinski definition) is 3. The van der Waals surface area contributed by atoms with E-state index in [4.69, 9.17) is 4.74 Å². The van der Waals surface area contributed by atoms with Gasteiger partial charge in [-0.25, -0.2) is 4.79 Å². The van der Waals surface area contributed by atoms with Crippen LogP contribution in [0.15, 0.2) is 54.6 Å². The van der Waals surface area contributed by atoms with Crippen LogP contribution in [0.5, 0.6) is 0 Å². The first-order valence-corrected chi connectivity index (χ1v) is 10.6. The summed E-state index contributed by atoms with van der Waals surface area (Å²) >= 11 is 0. The van der Waals surface area contributed by atoms with E-state index < -0.39 is 0 Å². The number of benzene rings is 2. The molecule has 1 amide bonds. The zero-order chi connectivity index (χ0) is 22.4. The van der Waals surface area contributed by atoms with Gasteiger partial charge < -0.3 is 14.6 Å². The molecule has 162 valence electrons. The predicted octanol–water partition coefficient (Wildman–Crippen LogP) is 4.89. The molecule has 31 heavy (non-hydrogen) atoms. The molecule has 0 aliphatic carbocycles. The van der Waals surface area contributed by atoms with Crippen molar-refractivity contribution in [1.82, 2.24) is 9.88 Å². The van der Waals surface area contributed by atoms with E-state index in [1.165, 1.54) is 5.56 Å². The van der Waals surface area contributed by atoms with Crippen LogP contribution in [0.25, 0.3) is 0 Å². The molecule has 0 unspecified atom stereocenters. The average Bonchev–Trinajstić information content (AvgIpc) is 3.03. The Morgan fingerprint density at radius 1 is 0.903 bits per heavy atom. The number of nitrogens with zero attached hydrogens (tertiary/aromatic N) is 1. The third kappa shape index (κ3) is 5.63. The van der Waals surface area contributed by atoms with Crippen molar-refractivity contribution in [2.24, 2.45) is 0 Å². The Hall–Kier alpha value is -3.34. The minimum absolute atomic E-state index is 0.0381. The molecular weight excluding hydrogens is 388 g/mol. The third-order valence-corrected chi connectivity index (χ3v) is 5.41. The molecule has 0 saturated heterocycles. The van der Waals surface area contributed by atoms with Crippen LogP contribution in [0.2, 0.25) is 0 Å². The molecule has 0 bridgehead atoms. The van der Waals surface area contributed by atoms with Gasteiger partial charge in [-0.15, -0.1) is 0 Å². The van der Waals surface area contributed by atoms with Gasteiger partial charge in [-0.2, -0.15) is 0 Å². The number of ether oxygens (including phenoxy) is 1. The van der Waals surface area contributed by atoms with E-state index in [2.05, 4.69) is 29.2 Å². The fourth-order valence-corrected chi connectivity index (χ4v) is 3.70. The van der Waals surface area contributed by atoms with E-state index in [0.717, 1.165) is 28.1 Å². The van der Waals surface area contributed by atoms with Crippen LogP contribution in [-0.4, -0.2) is 28.4 Å². The Labute approximate surface area is 184 Å². The maximum absolute atomic E-state index is 13.2. The molecule has 0 fully saturated rings. The Bertz CT molecular complexity index is 1040. The smallest absolute Gasteiger partial charge is 0.340 e. The van der Waals surface area contributed by atoms with Gasteiger partial charge in [0.15, 0.2) is 0 Å². The molecule has 0 aliphatic heterocycles. The lowest BCUT2D eigenvalue weighted by atomic mass is 10.1. The third-order valence-electron chi connectivity index (χ3n) is 5.41. The monoisotopic (exact) mass is 418 g/mol. The second kappa shape index (κ2) is 10.1. The minimum Gasteiger partial charge on any atom is -0.462 e. The van der Waals surface area contributed by atoms with Crippen LogP contribution >= 0.6 is 0 Å². The summed E-state index contributed by atoms with van der Waals surface area (Å²) in [5.41, 5.74) is 6.23. The van der Waals surface area contributed by atoms with Crippen molar-refractivity contribution in [3.05, 3.63) is 93.8 Å². The average molecular weight is 419 g/mol. The number of hydrogen-bond donors (Lipinski definition) is 1. The molecule has 0 spiro atoms. The molecule has 0 radical (unpaired) electrons. The zero-order valence-electron chi connectivity index (χ0n) is 18.7. The molecule has 0 saturated carbocycles. The molecule has 2 aromatic carbocycles. The Morgan fingerprint density at radius 2 is 1.58 bits per heavy atom. The lowest BCUT2D eigenvalue weighted by molar-refractivity contribution is -0.131. The van der Waals surface area contributed by atoms with Gasteiger partial charge >= 0.3 is 5.97 Å². The van der Waals surface area contributed by atoms with Crippen molar-refractivity contribution < 1.29 is 14.3 Å². The summed E-state index contributed by atoms with van der Waals surface area (Å²) in [6, 6.07) is 18.0. The molecule has 0 aliphatic rings. The van der Waals surface area contributed by atoms with Crippen molar-refractivity contribution in [3.63, 3.8) is 0 Å². The predicted molar refractivity (Wildman–Crippen MR) is 122 cm³/mol. The summed E-state index contributed by atoms with van der Waals surface area (Å²) in [4.78, 5) is 30.7. The van der Waals surface area contributed by atoms with Crippen LogP contribution < -0.4 is 0 Å². The number of nitrogens with one attached hydrogen (secondary N) is 1. The van der Waals surface area contributed by atoms with Gasteiger partial charge in [0, 0.05) is 17.9 Å². The number of carbonyl (C=O) groups excluding carboxylic acids is 2. The summed E-state index contributed by atoms with van der Waals surface area (Å²) < 4.78 is 5.20. The van der Waals surface area contributed by atoms with E-state index in [0.29, 0.717) is 31.7 Å². The number of carbonyl (C=O) groups is 2. The van der Waals surface area contributed by atoms with Crippen LogP contribution in [0.3, 0.4) is 0 Å². The normalized spacial score (nSPS) is 10.7. The van der Waals surface area contributed by atoms with Gasteiger partial charge in [-0.3, -0.25) is 4.79 Å². The standard InChI is InChI=1S/C26H30N2O3/c1-5-31-26(30)25-19(3)23(27-20(25)4)17-28(16-22-13-11-18(2)12-14-22)24(29)15-21-9-7-6-8-10-21/h6-14,27H,5,15-17H2,1-4H3. The quantitative estimate of drug-likeness (QED) is 0.530. The molecular formula is C26H30N2O3. The van der Waals surface area contributed by atoms with Crippen LogP contribution in [0.1, 0.15) is 50.9 Å². The summed E-state index contributed by atoms with van der Waals surface area (Å²) in [5, 5.41) is 0. The molecule has 1 heterocycles. The van der Waals surface area contributed by atoms with E-state index in [-0.39, 0.29) is 11.9 Å². The maximum atomic E-state index is 13.2. The SMILES string of the molecule is CCOC(=O)c1c(C)[nH]c(CN(Cc2ccc(C)cc2)C(=O)Cc2ccccc2)c1C. The second-order valence-corrected chi connectivity index (χ2v) is 7.85. The van der Waals surface area contributed by atoms with E-state index in [1.54, 1.807) is 6.92 Å². The van der Waals surface area contributed by atoms with E-state index >= 15 is 0 Å². The van der Waals surface area contributed by atoms with Crippen molar-refractivity contribution in [3.8, 4) is 0 Å². The molecule has 5 nitrogen and oxygen atoms in total. The van der Waals surface area contributed by atoms with E-state index in [9.17, 15) is 9.59 Å². The molecule has 5 heteroatoms. The Morgan fingerprint density at radius 3 is 2.23 bits per heavy atom. The summed E-state index contributed by atoms with van der Waals surface area (Å²) in [5.74, 6) is -0.295. The number of H-pyrrole nitrogens is 1. The topological polar surface area (TPSA) is 62.4 Å². The number of amides is 1. The van der Waals surface area contributed by atoms with Gasteiger partial charge in [0.1, 0.15) is 0 Å². The lowest BCUT2D eigenvalue weighted by Gasteiger charge is -2.23. The summed E-state index contributed by atoms with van der Waals surface area (Å²) in [6.07, 6.45) is 0.330. The summed E-state index contributed by atoms with van der Waals surface area (Å²) in [7, 11) is 0. The fourth-order valence-electron chi connectivity index (χ4n) is 3.70. The first kappa shape index (κ1) is 22.3. The summed E-state index contributed by atoms with van der Waals surface area (Å²) in [6.45, 7) is 8.82. The van der Waals surface area contributed by atoms with Gasteiger partial charge in [-0.1, -0.05) is 60.2 Å². The lowest BCUT2D eigenvalue weighted by Crippen LogP contribution is -2.31. The van der Waals surface area contributed by atoms with E-state index in [1.807, 2.05) is 56.0 Å². The van der Waals surface area contributed by atoms with Gasteiger partial charge in [0.05, 0.1) is 25.1 Å². The maximum Gasteiger partial charge on any atom is 0.340 e. The molecule has 3 rings (SSSR count). The second-order valence-electron chi connectivity index (χ2n) is 7.85. The van der Waals surface area contributed by atoms with Crippen molar-refractivity contribution in [2.75, 3.05) is 6.61 Å².